The zero-order chi connectivity index (χ0) is 11.1. The Hall–Kier alpha value is -1.20. The Balaban J connectivity index is 2.10. The van der Waals surface area contributed by atoms with Gasteiger partial charge in [-0.1, -0.05) is 6.07 Å². The van der Waals surface area contributed by atoms with Gasteiger partial charge in [0.15, 0.2) is 5.78 Å². The number of aliphatic carboxylic acids is 1. The van der Waals surface area contributed by atoms with Gasteiger partial charge in [-0.3, -0.25) is 9.59 Å². The van der Waals surface area contributed by atoms with Crippen molar-refractivity contribution in [1.29, 1.82) is 0 Å². The Bertz CT molecular complexity index is 321. The molecule has 0 atom stereocenters. The molecule has 0 amide bonds. The summed E-state index contributed by atoms with van der Waals surface area (Å²) in [5.74, 6) is -0.748. The molecular formula is C10H13NO3S. The van der Waals surface area contributed by atoms with Crippen LogP contribution in [0.5, 0.6) is 0 Å². The summed E-state index contributed by atoms with van der Waals surface area (Å²) < 4.78 is 0. The van der Waals surface area contributed by atoms with Crippen molar-refractivity contribution in [3.63, 3.8) is 0 Å². The van der Waals surface area contributed by atoms with Crippen molar-refractivity contribution in [1.82, 2.24) is 5.32 Å². The minimum absolute atomic E-state index is 0.0559. The maximum atomic E-state index is 11.4. The normalized spacial score (nSPS) is 10.1. The van der Waals surface area contributed by atoms with Crippen LogP contribution in [0.3, 0.4) is 0 Å². The highest BCUT2D eigenvalue weighted by Gasteiger charge is 2.05. The van der Waals surface area contributed by atoms with E-state index in [0.717, 1.165) is 4.88 Å². The smallest absolute Gasteiger partial charge is 0.303 e. The number of carboxylic acids is 1. The molecule has 0 saturated carbocycles. The summed E-state index contributed by atoms with van der Waals surface area (Å²) in [6.45, 7) is 0.837. The average molecular weight is 227 g/mol. The minimum Gasteiger partial charge on any atom is -0.481 e. The number of ketones is 1. The van der Waals surface area contributed by atoms with E-state index in [9.17, 15) is 9.59 Å². The molecule has 1 aromatic rings. The van der Waals surface area contributed by atoms with Gasteiger partial charge in [-0.05, 0) is 24.4 Å². The lowest BCUT2D eigenvalue weighted by atomic mass is 10.3. The highest BCUT2D eigenvalue weighted by molar-refractivity contribution is 7.12. The fourth-order valence-corrected chi connectivity index (χ4v) is 1.76. The zero-order valence-corrected chi connectivity index (χ0v) is 9.05. The van der Waals surface area contributed by atoms with E-state index in [1.807, 2.05) is 11.4 Å². The van der Waals surface area contributed by atoms with Gasteiger partial charge in [-0.25, -0.2) is 0 Å². The summed E-state index contributed by atoms with van der Waals surface area (Å²) in [6, 6.07) is 3.62. The molecule has 4 nitrogen and oxygen atoms in total. The summed E-state index contributed by atoms with van der Waals surface area (Å²) in [4.78, 5) is 22.4. The molecule has 82 valence electrons. The first-order chi connectivity index (χ1) is 7.20. The van der Waals surface area contributed by atoms with Crippen molar-refractivity contribution in [2.24, 2.45) is 0 Å². The molecule has 0 saturated heterocycles. The molecule has 15 heavy (non-hydrogen) atoms. The quantitative estimate of drug-likeness (QED) is 0.545. The number of thiophene rings is 1. The van der Waals surface area contributed by atoms with E-state index in [4.69, 9.17) is 5.11 Å². The second-order valence-electron chi connectivity index (χ2n) is 3.07. The van der Waals surface area contributed by atoms with Crippen LogP contribution in [0.4, 0.5) is 0 Å². The van der Waals surface area contributed by atoms with Crippen molar-refractivity contribution in [3.05, 3.63) is 22.4 Å². The van der Waals surface area contributed by atoms with Crippen LogP contribution >= 0.6 is 11.3 Å². The number of rotatable bonds is 7. The number of Topliss-reactive ketones (excluding diaryl/α,β-unsaturated/α-hetero) is 1. The van der Waals surface area contributed by atoms with Crippen LogP contribution in [0.15, 0.2) is 17.5 Å². The summed E-state index contributed by atoms with van der Waals surface area (Å²) in [5, 5.41) is 13.2. The number of carbonyl (C=O) groups excluding carboxylic acids is 1. The zero-order valence-electron chi connectivity index (χ0n) is 8.23. The largest absolute Gasteiger partial charge is 0.481 e. The van der Waals surface area contributed by atoms with Crippen LogP contribution in [0, 0.1) is 0 Å². The van der Waals surface area contributed by atoms with Crippen molar-refractivity contribution < 1.29 is 14.7 Å². The molecule has 0 aliphatic rings. The van der Waals surface area contributed by atoms with Gasteiger partial charge in [0, 0.05) is 6.42 Å². The molecule has 0 spiro atoms. The van der Waals surface area contributed by atoms with Gasteiger partial charge in [0.1, 0.15) is 0 Å². The molecule has 0 aliphatic carbocycles. The van der Waals surface area contributed by atoms with E-state index in [0.29, 0.717) is 13.0 Å². The molecule has 0 fully saturated rings. The van der Waals surface area contributed by atoms with Crippen LogP contribution in [0.2, 0.25) is 0 Å². The number of carbonyl (C=O) groups is 2. The van der Waals surface area contributed by atoms with E-state index in [2.05, 4.69) is 5.32 Å². The first kappa shape index (κ1) is 11.9. The van der Waals surface area contributed by atoms with Crippen LogP contribution in [0.1, 0.15) is 22.5 Å². The van der Waals surface area contributed by atoms with E-state index < -0.39 is 5.97 Å². The van der Waals surface area contributed by atoms with Gasteiger partial charge in [0.25, 0.3) is 0 Å². The van der Waals surface area contributed by atoms with Crippen LogP contribution in [-0.4, -0.2) is 29.9 Å². The molecule has 2 N–H and O–H groups in total. The Kier molecular flexibility index (Phi) is 5.00. The van der Waals surface area contributed by atoms with Gasteiger partial charge in [0.2, 0.25) is 0 Å². The molecule has 0 unspecified atom stereocenters. The lowest BCUT2D eigenvalue weighted by Crippen LogP contribution is -2.23. The van der Waals surface area contributed by atoms with Gasteiger partial charge >= 0.3 is 5.97 Å². The number of hydrogen-bond acceptors (Lipinski definition) is 4. The maximum absolute atomic E-state index is 11.4. The van der Waals surface area contributed by atoms with Crippen LogP contribution < -0.4 is 5.32 Å². The average Bonchev–Trinajstić information content (AvgIpc) is 2.69. The van der Waals surface area contributed by atoms with Gasteiger partial charge in [-0.15, -0.1) is 11.3 Å². The molecule has 1 aromatic heterocycles. The monoisotopic (exact) mass is 227 g/mol. The van der Waals surface area contributed by atoms with Crippen molar-refractivity contribution >= 4 is 23.1 Å². The number of hydrogen-bond donors (Lipinski definition) is 2. The van der Waals surface area contributed by atoms with E-state index >= 15 is 0 Å². The van der Waals surface area contributed by atoms with Crippen molar-refractivity contribution in [3.8, 4) is 0 Å². The molecule has 0 aromatic carbocycles. The summed E-state index contributed by atoms with van der Waals surface area (Å²) in [7, 11) is 0. The van der Waals surface area contributed by atoms with Gasteiger partial charge < -0.3 is 10.4 Å². The maximum Gasteiger partial charge on any atom is 0.303 e. The summed E-state index contributed by atoms with van der Waals surface area (Å²) in [5.41, 5.74) is 0. The first-order valence-corrected chi connectivity index (χ1v) is 5.57. The molecule has 1 rings (SSSR count). The lowest BCUT2D eigenvalue weighted by Gasteiger charge is -2.01. The second-order valence-corrected chi connectivity index (χ2v) is 4.02. The predicted molar refractivity (Wildman–Crippen MR) is 58.4 cm³/mol. The molecule has 0 radical (unpaired) electrons. The first-order valence-electron chi connectivity index (χ1n) is 4.69. The van der Waals surface area contributed by atoms with Crippen molar-refractivity contribution in [2.75, 3.05) is 13.1 Å². The molecule has 0 bridgehead atoms. The molecule has 5 heteroatoms. The highest BCUT2D eigenvalue weighted by atomic mass is 32.1. The molecular weight excluding hydrogens is 214 g/mol. The third-order valence-corrected chi connectivity index (χ3v) is 2.74. The van der Waals surface area contributed by atoms with Gasteiger partial charge in [0.05, 0.1) is 11.4 Å². The third-order valence-electron chi connectivity index (χ3n) is 1.83. The van der Waals surface area contributed by atoms with E-state index in [1.165, 1.54) is 11.3 Å². The van der Waals surface area contributed by atoms with E-state index in [-0.39, 0.29) is 18.7 Å². The lowest BCUT2D eigenvalue weighted by molar-refractivity contribution is -0.137. The number of nitrogens with one attached hydrogen (secondary N) is 1. The molecule has 1 heterocycles. The fourth-order valence-electron chi connectivity index (χ4n) is 1.09. The van der Waals surface area contributed by atoms with Crippen LogP contribution in [0.25, 0.3) is 0 Å². The Morgan fingerprint density at radius 1 is 1.47 bits per heavy atom. The topological polar surface area (TPSA) is 66.4 Å². The molecule has 0 aliphatic heterocycles. The Morgan fingerprint density at radius 3 is 2.87 bits per heavy atom. The summed E-state index contributed by atoms with van der Waals surface area (Å²) >= 11 is 1.42. The SMILES string of the molecule is O=C(O)CCCNCC(=O)c1cccs1. The summed E-state index contributed by atoms with van der Waals surface area (Å²) in [6.07, 6.45) is 0.688. The fraction of sp³-hybridized carbons (Fsp3) is 0.400. The highest BCUT2D eigenvalue weighted by Crippen LogP contribution is 2.08. The third kappa shape index (κ3) is 4.71. The van der Waals surface area contributed by atoms with Crippen LogP contribution in [-0.2, 0) is 4.79 Å². The van der Waals surface area contributed by atoms with Crippen molar-refractivity contribution in [2.45, 2.75) is 12.8 Å². The Morgan fingerprint density at radius 2 is 2.27 bits per heavy atom. The standard InChI is InChI=1S/C10H13NO3S/c12-8(9-3-2-6-15-9)7-11-5-1-4-10(13)14/h2-3,6,11H,1,4-5,7H2,(H,13,14). The number of carboxylic acid groups (broad SMARTS) is 1. The Labute approximate surface area is 91.9 Å². The predicted octanol–water partition coefficient (Wildman–Crippen LogP) is 1.39. The van der Waals surface area contributed by atoms with E-state index in [1.54, 1.807) is 6.07 Å². The minimum atomic E-state index is -0.804. The second kappa shape index (κ2) is 6.31. The van der Waals surface area contributed by atoms with Gasteiger partial charge in [-0.2, -0.15) is 0 Å².